The molecule has 4 aromatic rings. The lowest BCUT2D eigenvalue weighted by atomic mass is 10.1. The third-order valence-electron chi connectivity index (χ3n) is 6.09. The van der Waals surface area contributed by atoms with Crippen molar-refractivity contribution >= 4 is 38.4 Å². The van der Waals surface area contributed by atoms with Crippen LogP contribution in [0, 0.1) is 13.8 Å². The molecule has 0 unspecified atom stereocenters. The molecule has 0 N–H and O–H groups in total. The first-order chi connectivity index (χ1) is 15.9. The maximum absolute atomic E-state index is 13.1. The van der Waals surface area contributed by atoms with Gasteiger partial charge in [-0.05, 0) is 37.1 Å². The van der Waals surface area contributed by atoms with Crippen LogP contribution in [0.15, 0.2) is 45.6 Å². The van der Waals surface area contributed by atoms with Crippen molar-refractivity contribution < 1.29 is 18.7 Å². The molecule has 1 aliphatic heterocycles. The van der Waals surface area contributed by atoms with Crippen LogP contribution in [0.3, 0.4) is 0 Å². The second-order valence-electron chi connectivity index (χ2n) is 8.29. The van der Waals surface area contributed by atoms with Crippen molar-refractivity contribution in [3.63, 3.8) is 0 Å². The van der Waals surface area contributed by atoms with E-state index in [2.05, 4.69) is 31.0 Å². The number of aryl methyl sites for hydroxylation is 2. The third-order valence-corrected chi connectivity index (χ3v) is 7.18. The Morgan fingerprint density at radius 3 is 2.64 bits per heavy atom. The predicted molar refractivity (Wildman–Crippen MR) is 128 cm³/mol. The van der Waals surface area contributed by atoms with Crippen molar-refractivity contribution in [3.8, 4) is 10.9 Å². The van der Waals surface area contributed by atoms with Crippen molar-refractivity contribution in [2.45, 2.75) is 32.8 Å². The zero-order valence-electron chi connectivity index (χ0n) is 18.7. The van der Waals surface area contributed by atoms with Gasteiger partial charge in [0.05, 0.1) is 17.3 Å². The Morgan fingerprint density at radius 2 is 1.91 bits per heavy atom. The van der Waals surface area contributed by atoms with E-state index < -0.39 is 5.63 Å². The van der Waals surface area contributed by atoms with E-state index in [1.54, 1.807) is 40.5 Å². The maximum Gasteiger partial charge on any atom is 0.349 e. The van der Waals surface area contributed by atoms with Gasteiger partial charge in [0.25, 0.3) is 11.1 Å². The summed E-state index contributed by atoms with van der Waals surface area (Å²) >= 11 is 1.56. The second-order valence-corrected chi connectivity index (χ2v) is 9.25. The Balaban J connectivity index is 1.29. The molecule has 2 aromatic carbocycles. The summed E-state index contributed by atoms with van der Waals surface area (Å²) in [6, 6.07) is 11.1. The summed E-state index contributed by atoms with van der Waals surface area (Å²) in [4.78, 5) is 32.0. The first kappa shape index (κ1) is 21.5. The molecule has 7 nitrogen and oxygen atoms in total. The third kappa shape index (κ3) is 3.95. The Bertz CT molecular complexity index is 1380. The van der Waals surface area contributed by atoms with Gasteiger partial charge in [0, 0.05) is 31.3 Å². The molecule has 1 fully saturated rings. The van der Waals surface area contributed by atoms with Crippen LogP contribution in [0.25, 0.3) is 21.2 Å². The van der Waals surface area contributed by atoms with Gasteiger partial charge in [-0.2, -0.15) is 0 Å². The molecule has 0 atom stereocenters. The lowest BCUT2D eigenvalue weighted by molar-refractivity contribution is 0.0592. The number of carbonyl (C=O) groups excluding carboxylic acids is 1. The Labute approximate surface area is 194 Å². The second kappa shape index (κ2) is 8.51. The molecule has 0 bridgehead atoms. The number of para-hydroxylation sites is 1. The molecule has 0 radical (unpaired) electrons. The van der Waals surface area contributed by atoms with Crippen molar-refractivity contribution in [2.75, 3.05) is 20.2 Å². The SMILES string of the molecule is COc1cccc2cc(C(=O)N3CCC(Oc4nc5c(C)ccc(C)c5s4)CC3)c(=O)oc12. The number of nitrogens with zero attached hydrogens (tertiary/aromatic N) is 2. The molecule has 0 aliphatic carbocycles. The molecule has 0 saturated carbocycles. The molecule has 2 aromatic heterocycles. The number of methoxy groups -OCH3 is 1. The predicted octanol–water partition coefficient (Wildman–Crippen LogP) is 4.71. The van der Waals surface area contributed by atoms with E-state index >= 15 is 0 Å². The van der Waals surface area contributed by atoms with Crippen molar-refractivity contribution in [3.05, 3.63) is 63.5 Å². The highest BCUT2D eigenvalue weighted by Gasteiger charge is 2.28. The van der Waals surface area contributed by atoms with E-state index in [1.807, 2.05) is 0 Å². The number of likely N-dealkylation sites (tertiary alicyclic amines) is 1. The fraction of sp³-hybridized carbons (Fsp3) is 0.320. The van der Waals surface area contributed by atoms with Gasteiger partial charge < -0.3 is 18.8 Å². The number of aromatic nitrogens is 1. The molecule has 1 amide bonds. The van der Waals surface area contributed by atoms with Gasteiger partial charge in [0.2, 0.25) is 0 Å². The summed E-state index contributed by atoms with van der Waals surface area (Å²) in [6.07, 6.45) is 1.33. The minimum absolute atomic E-state index is 0.0208. The molecule has 170 valence electrons. The fourth-order valence-electron chi connectivity index (χ4n) is 4.21. The summed E-state index contributed by atoms with van der Waals surface area (Å²) in [5, 5.41) is 1.31. The molecule has 33 heavy (non-hydrogen) atoms. The lowest BCUT2D eigenvalue weighted by Crippen LogP contribution is -2.43. The van der Waals surface area contributed by atoms with E-state index in [1.165, 1.54) is 12.7 Å². The van der Waals surface area contributed by atoms with Gasteiger partial charge in [0.1, 0.15) is 11.7 Å². The van der Waals surface area contributed by atoms with Crippen LogP contribution in [0.5, 0.6) is 10.9 Å². The van der Waals surface area contributed by atoms with Crippen molar-refractivity contribution in [1.29, 1.82) is 0 Å². The monoisotopic (exact) mass is 464 g/mol. The normalized spacial score (nSPS) is 14.7. The number of rotatable bonds is 4. The van der Waals surface area contributed by atoms with E-state index in [0.29, 0.717) is 47.8 Å². The van der Waals surface area contributed by atoms with Gasteiger partial charge in [-0.3, -0.25) is 4.79 Å². The van der Waals surface area contributed by atoms with Gasteiger partial charge in [-0.1, -0.05) is 35.6 Å². The number of carbonyl (C=O) groups is 1. The zero-order chi connectivity index (χ0) is 23.1. The van der Waals surface area contributed by atoms with Crippen molar-refractivity contribution in [1.82, 2.24) is 9.88 Å². The quantitative estimate of drug-likeness (QED) is 0.407. The zero-order valence-corrected chi connectivity index (χ0v) is 19.5. The molecule has 5 rings (SSSR count). The van der Waals surface area contributed by atoms with Gasteiger partial charge >= 0.3 is 5.63 Å². The summed E-state index contributed by atoms with van der Waals surface area (Å²) in [5.74, 6) is 0.139. The Morgan fingerprint density at radius 1 is 1.15 bits per heavy atom. The summed E-state index contributed by atoms with van der Waals surface area (Å²) in [5.41, 5.74) is 3.03. The number of fused-ring (bicyclic) bond motifs is 2. The molecular weight excluding hydrogens is 440 g/mol. The van der Waals surface area contributed by atoms with E-state index in [0.717, 1.165) is 15.8 Å². The molecule has 1 aliphatic rings. The minimum Gasteiger partial charge on any atom is -0.493 e. The van der Waals surface area contributed by atoms with E-state index in [4.69, 9.17) is 13.9 Å². The molecule has 0 spiro atoms. The topological polar surface area (TPSA) is 81.9 Å². The minimum atomic E-state index is -0.657. The Kier molecular flexibility index (Phi) is 5.54. The van der Waals surface area contributed by atoms with Crippen LogP contribution in [-0.2, 0) is 0 Å². The number of piperidine rings is 1. The summed E-state index contributed by atoms with van der Waals surface area (Å²) in [7, 11) is 1.51. The molecular formula is C25H24N2O5S. The number of ether oxygens (including phenoxy) is 2. The smallest absolute Gasteiger partial charge is 0.349 e. The highest BCUT2D eigenvalue weighted by atomic mass is 32.1. The molecule has 1 saturated heterocycles. The van der Waals surface area contributed by atoms with Crippen LogP contribution in [0.1, 0.15) is 34.3 Å². The maximum atomic E-state index is 13.1. The van der Waals surface area contributed by atoms with Crippen molar-refractivity contribution in [2.24, 2.45) is 0 Å². The van der Waals surface area contributed by atoms with Crippen LogP contribution < -0.4 is 15.1 Å². The highest BCUT2D eigenvalue weighted by molar-refractivity contribution is 7.20. The van der Waals surface area contributed by atoms with E-state index in [-0.39, 0.29) is 17.6 Å². The fourth-order valence-corrected chi connectivity index (χ4v) is 5.24. The number of thiazole rings is 1. The molecule has 3 heterocycles. The first-order valence-corrected chi connectivity index (χ1v) is 11.7. The number of hydrogen-bond acceptors (Lipinski definition) is 7. The van der Waals surface area contributed by atoms with Crippen LogP contribution in [0.4, 0.5) is 0 Å². The van der Waals surface area contributed by atoms with Crippen LogP contribution in [-0.4, -0.2) is 42.1 Å². The molecule has 8 heteroatoms. The lowest BCUT2D eigenvalue weighted by Gasteiger charge is -2.31. The standard InChI is InChI=1S/C25H24N2O5S/c1-14-7-8-15(2)22-20(14)26-25(33-22)31-17-9-11-27(12-10-17)23(28)18-13-16-5-4-6-19(30-3)21(16)32-24(18)29/h4-8,13,17H,9-12H2,1-3H3. The summed E-state index contributed by atoms with van der Waals surface area (Å²) < 4.78 is 18.0. The Hall–Kier alpha value is -3.39. The number of hydrogen-bond donors (Lipinski definition) is 0. The van der Waals surface area contributed by atoms with E-state index in [9.17, 15) is 9.59 Å². The summed E-state index contributed by atoms with van der Waals surface area (Å²) in [6.45, 7) is 5.13. The van der Waals surface area contributed by atoms with Gasteiger partial charge in [-0.25, -0.2) is 9.78 Å². The van der Waals surface area contributed by atoms with Crippen LogP contribution in [0.2, 0.25) is 0 Å². The first-order valence-electron chi connectivity index (χ1n) is 10.9. The van der Waals surface area contributed by atoms with Gasteiger partial charge in [-0.15, -0.1) is 0 Å². The van der Waals surface area contributed by atoms with Gasteiger partial charge in [0.15, 0.2) is 11.3 Å². The average molecular weight is 465 g/mol. The van der Waals surface area contributed by atoms with Crippen LogP contribution >= 0.6 is 11.3 Å². The average Bonchev–Trinajstić information content (AvgIpc) is 3.26. The number of amides is 1. The number of benzene rings is 2. The largest absolute Gasteiger partial charge is 0.493 e. The highest BCUT2D eigenvalue weighted by Crippen LogP contribution is 2.34.